The van der Waals surface area contributed by atoms with Gasteiger partial charge in [-0.3, -0.25) is 0 Å². The third kappa shape index (κ3) is 3.52. The Morgan fingerprint density at radius 3 is 1.45 bits per heavy atom. The number of benzene rings is 10. The van der Waals surface area contributed by atoms with Crippen molar-refractivity contribution in [2.75, 3.05) is 0 Å². The van der Waals surface area contributed by atoms with E-state index in [2.05, 4.69) is 212 Å². The van der Waals surface area contributed by atoms with E-state index in [1.54, 1.807) is 0 Å². The van der Waals surface area contributed by atoms with Gasteiger partial charge in [-0.2, -0.15) is 0 Å². The molecule has 14 aromatic rings. The topological polar surface area (TPSA) is 19.7 Å². The first-order valence-electron chi connectivity index (χ1n) is 23.3. The molecule has 0 spiro atoms. The van der Waals surface area contributed by atoms with Crippen LogP contribution in [0.4, 0.5) is 0 Å². The van der Waals surface area contributed by atoms with Crippen molar-refractivity contribution >= 4 is 133 Å². The van der Waals surface area contributed by atoms with Crippen molar-refractivity contribution in [3.63, 3.8) is 0 Å². The highest BCUT2D eigenvalue weighted by atomic mass is 15.1. The van der Waals surface area contributed by atoms with Crippen molar-refractivity contribution < 1.29 is 0 Å². The van der Waals surface area contributed by atoms with Crippen LogP contribution in [0.3, 0.4) is 0 Å². The van der Waals surface area contributed by atoms with Crippen LogP contribution in [0.15, 0.2) is 194 Å². The second kappa shape index (κ2) is 11.1. The predicted octanol–water partition coefficient (Wildman–Crippen LogP) is 10.0. The lowest BCUT2D eigenvalue weighted by Crippen LogP contribution is -2.66. The molecule has 0 aliphatic carbocycles. The van der Waals surface area contributed by atoms with E-state index in [1.165, 1.54) is 154 Å². The Hall–Kier alpha value is -8.47. The van der Waals surface area contributed by atoms with Gasteiger partial charge in [0.15, 0.2) is 0 Å². The number of aromatic nitrogens is 4. The molecule has 0 unspecified atom stereocenters. The van der Waals surface area contributed by atoms with E-state index in [0.29, 0.717) is 0 Å². The second-order valence-corrected chi connectivity index (χ2v) is 19.1. The summed E-state index contributed by atoms with van der Waals surface area (Å²) in [4.78, 5) is 0. The summed E-state index contributed by atoms with van der Waals surface area (Å²) in [5.74, 6) is 0. The Kier molecular flexibility index (Phi) is 5.55. The molecule has 0 atom stereocenters. The summed E-state index contributed by atoms with van der Waals surface area (Å²) >= 11 is 0. The quantitative estimate of drug-likeness (QED) is 0.155. The van der Waals surface area contributed by atoms with Gasteiger partial charge in [-0.25, -0.2) is 0 Å². The molecule has 18 rings (SSSR count). The van der Waals surface area contributed by atoms with Crippen LogP contribution >= 0.6 is 0 Å². The normalized spacial score (nSPS) is 13.7. The van der Waals surface area contributed by atoms with Crippen LogP contribution in [0.5, 0.6) is 0 Å². The van der Waals surface area contributed by atoms with E-state index in [0.717, 1.165) is 0 Å². The van der Waals surface area contributed by atoms with Crippen molar-refractivity contribution in [2.45, 2.75) is 0 Å². The van der Waals surface area contributed by atoms with Gasteiger partial charge in [-0.1, -0.05) is 158 Å². The van der Waals surface area contributed by atoms with Gasteiger partial charge in [0.25, 0.3) is 13.4 Å². The zero-order chi connectivity index (χ0) is 42.3. The van der Waals surface area contributed by atoms with E-state index >= 15 is 0 Å². The molecule has 66 heavy (non-hydrogen) atoms. The molecule has 8 heterocycles. The molecule has 4 aliphatic rings. The van der Waals surface area contributed by atoms with Crippen molar-refractivity contribution in [3.8, 4) is 33.9 Å². The number of rotatable bonds is 2. The second-order valence-electron chi connectivity index (χ2n) is 19.1. The fourth-order valence-corrected chi connectivity index (χ4v) is 14.0. The fraction of sp³-hybridized carbons (Fsp3) is 0. The first-order chi connectivity index (χ1) is 32.8. The van der Waals surface area contributed by atoms with Gasteiger partial charge < -0.3 is 18.3 Å². The minimum atomic E-state index is 0.0221. The van der Waals surface area contributed by atoms with E-state index in [9.17, 15) is 0 Å². The standard InChI is InChI=1S/C60H32B2N4/c1-2-14-33(15-3-1)34-16-10-17-35(30-34)63-47-27-7-5-19-37(47)42-31-46-59-52(58(42)63)41-20-6-9-29-49(41)65(59)51-32-50-53-60-54(51)62(46)45-26-13-23-40-39-22-12-25-44(56(39)66(60)57(40)45)61(53)43-24-11-21-38-36-18-4-8-28-48(36)64(50)55(38)43/h1-32H. The first-order valence-corrected chi connectivity index (χ1v) is 23.3. The predicted molar refractivity (Wildman–Crippen MR) is 279 cm³/mol. The molecule has 0 saturated heterocycles. The number of hydrogen-bond donors (Lipinski definition) is 0. The summed E-state index contributed by atoms with van der Waals surface area (Å²) in [5.41, 5.74) is 26.3. The van der Waals surface area contributed by atoms with Gasteiger partial charge in [0.2, 0.25) is 0 Å². The molecule has 0 bridgehead atoms. The highest BCUT2D eigenvalue weighted by Gasteiger charge is 2.49. The molecule has 10 aromatic carbocycles. The molecular formula is C60H32B2N4. The maximum absolute atomic E-state index is 2.72. The Morgan fingerprint density at radius 2 is 0.773 bits per heavy atom. The first kappa shape index (κ1) is 33.1. The monoisotopic (exact) mass is 830 g/mol. The molecule has 0 amide bonds. The SMILES string of the molecule is c1ccc(-c2cccc(-n3c4ccccc4c4cc5c6c(c7ccccc7n6-c6cc7c8c9c6B5c5cccc6c%10cccc(c%10n-9c56)B8c5cccc6c8ccccc8n-7c56)c43)c2)cc1. The van der Waals surface area contributed by atoms with Gasteiger partial charge in [-0.15, -0.1) is 0 Å². The van der Waals surface area contributed by atoms with Crippen LogP contribution in [0.1, 0.15) is 0 Å². The fourth-order valence-electron chi connectivity index (χ4n) is 14.0. The number of para-hydroxylation sites is 6. The lowest BCUT2D eigenvalue weighted by molar-refractivity contribution is 1.11. The molecule has 4 nitrogen and oxygen atoms in total. The van der Waals surface area contributed by atoms with E-state index in [-0.39, 0.29) is 13.4 Å². The number of nitrogens with zero attached hydrogens (tertiary/aromatic N) is 4. The lowest BCUT2D eigenvalue weighted by atomic mass is 9.30. The smallest absolute Gasteiger partial charge is 0.252 e. The van der Waals surface area contributed by atoms with Gasteiger partial charge in [0.1, 0.15) is 0 Å². The van der Waals surface area contributed by atoms with Crippen molar-refractivity contribution in [1.82, 2.24) is 18.3 Å². The lowest BCUT2D eigenvalue weighted by Gasteiger charge is -2.41. The Balaban J connectivity index is 1.08. The van der Waals surface area contributed by atoms with Crippen LogP contribution in [-0.2, 0) is 0 Å². The van der Waals surface area contributed by atoms with Crippen LogP contribution in [0.25, 0.3) is 121 Å². The zero-order valence-corrected chi connectivity index (χ0v) is 35.4. The molecule has 6 heteroatoms. The third-order valence-corrected chi connectivity index (χ3v) is 16.3. The number of hydrogen-bond acceptors (Lipinski definition) is 0. The maximum Gasteiger partial charge on any atom is 0.252 e. The van der Waals surface area contributed by atoms with E-state index in [1.807, 2.05) is 0 Å². The Bertz CT molecular complexity index is 4660. The molecular weight excluding hydrogens is 798 g/mol. The van der Waals surface area contributed by atoms with Crippen LogP contribution in [0, 0.1) is 0 Å². The summed E-state index contributed by atoms with van der Waals surface area (Å²) in [6.45, 7) is 0.118. The Labute approximate surface area is 377 Å². The summed E-state index contributed by atoms with van der Waals surface area (Å²) in [5, 5.41) is 10.5. The highest BCUT2D eigenvalue weighted by molar-refractivity contribution is 7.04. The molecule has 298 valence electrons. The molecule has 4 aromatic heterocycles. The maximum atomic E-state index is 2.72. The number of fused-ring (bicyclic) bond motifs is 17. The van der Waals surface area contributed by atoms with Crippen molar-refractivity contribution in [3.05, 3.63) is 194 Å². The van der Waals surface area contributed by atoms with Crippen LogP contribution in [-0.4, -0.2) is 31.7 Å². The minimum Gasteiger partial charge on any atom is -0.311 e. The van der Waals surface area contributed by atoms with Crippen LogP contribution < -0.4 is 32.8 Å². The van der Waals surface area contributed by atoms with Crippen molar-refractivity contribution in [2.24, 2.45) is 0 Å². The largest absolute Gasteiger partial charge is 0.311 e. The molecule has 4 aliphatic heterocycles. The Morgan fingerprint density at radius 1 is 0.288 bits per heavy atom. The summed E-state index contributed by atoms with van der Waals surface area (Å²) in [6, 6.07) is 73.8. The van der Waals surface area contributed by atoms with Gasteiger partial charge in [0.05, 0.1) is 27.6 Å². The summed E-state index contributed by atoms with van der Waals surface area (Å²) in [6.07, 6.45) is 0. The molecule has 0 radical (unpaired) electrons. The molecule has 0 saturated carbocycles. The third-order valence-electron chi connectivity index (χ3n) is 16.3. The minimum absolute atomic E-state index is 0.0221. The zero-order valence-electron chi connectivity index (χ0n) is 35.4. The van der Waals surface area contributed by atoms with Gasteiger partial charge in [0, 0.05) is 82.4 Å². The molecule has 0 fully saturated rings. The van der Waals surface area contributed by atoms with E-state index < -0.39 is 0 Å². The average molecular weight is 831 g/mol. The highest BCUT2D eigenvalue weighted by Crippen LogP contribution is 2.46. The van der Waals surface area contributed by atoms with Crippen LogP contribution in [0.2, 0.25) is 0 Å². The average Bonchev–Trinajstić information content (AvgIpc) is 4.11. The summed E-state index contributed by atoms with van der Waals surface area (Å²) < 4.78 is 10.6. The van der Waals surface area contributed by atoms with Crippen molar-refractivity contribution in [1.29, 1.82) is 0 Å². The van der Waals surface area contributed by atoms with Gasteiger partial charge >= 0.3 is 0 Å². The summed E-state index contributed by atoms with van der Waals surface area (Å²) in [7, 11) is 0. The molecule has 0 N–H and O–H groups in total. The van der Waals surface area contributed by atoms with E-state index in [4.69, 9.17) is 0 Å². The van der Waals surface area contributed by atoms with Gasteiger partial charge in [-0.05, 0) is 80.3 Å².